The van der Waals surface area contributed by atoms with Gasteiger partial charge in [0.05, 0.1) is 5.52 Å². The fourth-order valence-corrected chi connectivity index (χ4v) is 4.70. The number of rotatable bonds is 14. The van der Waals surface area contributed by atoms with Crippen molar-refractivity contribution in [3.8, 4) is 11.5 Å². The Morgan fingerprint density at radius 2 is 1.60 bits per heavy atom. The van der Waals surface area contributed by atoms with Crippen molar-refractivity contribution in [1.29, 1.82) is 0 Å². The van der Waals surface area contributed by atoms with E-state index in [1.54, 1.807) is 47.9 Å². The van der Waals surface area contributed by atoms with Crippen molar-refractivity contribution < 1.29 is 38.1 Å². The lowest BCUT2D eigenvalue weighted by Crippen LogP contribution is -2.10. The molecule has 4 aromatic rings. The van der Waals surface area contributed by atoms with Crippen LogP contribution in [0, 0.1) is 18.6 Å². The third-order valence-corrected chi connectivity index (χ3v) is 6.67. The number of halogens is 2. The predicted molar refractivity (Wildman–Crippen MR) is 157 cm³/mol. The second kappa shape index (κ2) is 14.1. The predicted octanol–water partition coefficient (Wildman–Crippen LogP) is 6.90. The van der Waals surface area contributed by atoms with Crippen LogP contribution in [0.5, 0.6) is 11.5 Å². The summed E-state index contributed by atoms with van der Waals surface area (Å²) in [4.78, 5) is 22.6. The molecule has 42 heavy (non-hydrogen) atoms. The van der Waals surface area contributed by atoms with Crippen molar-refractivity contribution in [1.82, 2.24) is 4.57 Å². The lowest BCUT2D eigenvalue weighted by molar-refractivity contribution is -0.138. The first kappa shape index (κ1) is 30.0. The van der Waals surface area contributed by atoms with E-state index in [1.165, 1.54) is 18.2 Å². The van der Waals surface area contributed by atoms with Gasteiger partial charge >= 0.3 is 11.9 Å². The highest BCUT2D eigenvalue weighted by atomic mass is 19.1. The topological polar surface area (TPSA) is 98.0 Å². The van der Waals surface area contributed by atoms with E-state index in [0.717, 1.165) is 5.56 Å². The van der Waals surface area contributed by atoms with Gasteiger partial charge in [0.25, 0.3) is 0 Å². The molecular weight excluding hydrogens is 544 g/mol. The van der Waals surface area contributed by atoms with Crippen LogP contribution in [-0.2, 0) is 22.6 Å². The quantitative estimate of drug-likeness (QED) is 0.125. The molecule has 0 spiro atoms. The van der Waals surface area contributed by atoms with Gasteiger partial charge in [-0.15, -0.1) is 0 Å². The maximum atomic E-state index is 15.1. The van der Waals surface area contributed by atoms with Crippen molar-refractivity contribution in [2.45, 2.75) is 32.7 Å². The molecule has 0 bridgehead atoms. The van der Waals surface area contributed by atoms with Crippen LogP contribution in [0.1, 0.15) is 35.2 Å². The van der Waals surface area contributed by atoms with Crippen LogP contribution >= 0.6 is 0 Å². The third-order valence-electron chi connectivity index (χ3n) is 6.67. The van der Waals surface area contributed by atoms with Gasteiger partial charge in [0, 0.05) is 23.6 Å². The number of hydrogen-bond donors (Lipinski definition) is 2. The second-order valence-corrected chi connectivity index (χ2v) is 9.60. The van der Waals surface area contributed by atoms with Gasteiger partial charge in [-0.05, 0) is 85.0 Å². The van der Waals surface area contributed by atoms with Crippen molar-refractivity contribution in [3.63, 3.8) is 0 Å². The highest BCUT2D eigenvalue weighted by Crippen LogP contribution is 2.33. The lowest BCUT2D eigenvalue weighted by atomic mass is 10.0. The number of aromatic nitrogens is 1. The monoisotopic (exact) mass is 575 g/mol. The van der Waals surface area contributed by atoms with Crippen molar-refractivity contribution in [3.05, 3.63) is 107 Å². The van der Waals surface area contributed by atoms with E-state index in [2.05, 4.69) is 0 Å². The number of fused-ring (bicyclic) bond motifs is 1. The number of hydrogen-bond acceptors (Lipinski definition) is 4. The number of ether oxygens (including phenoxy) is 2. The number of aryl methyl sites for hydroxylation is 1. The maximum Gasteiger partial charge on any atom is 0.323 e. The van der Waals surface area contributed by atoms with Crippen LogP contribution in [0.25, 0.3) is 23.1 Å². The molecule has 1 aromatic heterocycles. The van der Waals surface area contributed by atoms with E-state index < -0.39 is 17.8 Å². The molecule has 0 fully saturated rings. The van der Waals surface area contributed by atoms with E-state index in [-0.39, 0.29) is 25.4 Å². The fourth-order valence-electron chi connectivity index (χ4n) is 4.70. The van der Waals surface area contributed by atoms with E-state index >= 15 is 4.39 Å². The van der Waals surface area contributed by atoms with Gasteiger partial charge in [0.15, 0.2) is 0 Å². The minimum absolute atomic E-state index is 0.0623. The summed E-state index contributed by atoms with van der Waals surface area (Å²) in [6, 6.07) is 16.2. The van der Waals surface area contributed by atoms with Gasteiger partial charge in [0.2, 0.25) is 0 Å². The molecule has 0 atom stereocenters. The Balaban J connectivity index is 1.44. The Kier molecular flexibility index (Phi) is 10.1. The zero-order valence-corrected chi connectivity index (χ0v) is 23.1. The lowest BCUT2D eigenvalue weighted by Gasteiger charge is -2.08. The molecule has 4 rings (SSSR count). The Bertz CT molecular complexity index is 1620. The first-order chi connectivity index (χ1) is 20.2. The van der Waals surface area contributed by atoms with Crippen LogP contribution in [0.2, 0.25) is 0 Å². The van der Waals surface area contributed by atoms with E-state index in [4.69, 9.17) is 14.6 Å². The summed E-state index contributed by atoms with van der Waals surface area (Å²) < 4.78 is 41.0. The first-order valence-electron chi connectivity index (χ1n) is 13.4. The van der Waals surface area contributed by atoms with Crippen LogP contribution in [0.3, 0.4) is 0 Å². The molecule has 9 heteroatoms. The largest absolute Gasteiger partial charge is 0.490 e. The molecule has 0 saturated heterocycles. The Labute approximate surface area is 241 Å². The first-order valence-corrected chi connectivity index (χ1v) is 13.4. The summed E-state index contributed by atoms with van der Waals surface area (Å²) in [5, 5.41) is 18.9. The van der Waals surface area contributed by atoms with Crippen molar-refractivity contribution in [2.24, 2.45) is 0 Å². The maximum absolute atomic E-state index is 15.1. The number of carbonyl (C=O) groups is 2. The Hall–Kier alpha value is -4.92. The molecule has 3 aromatic carbocycles. The summed E-state index contributed by atoms with van der Waals surface area (Å²) in [5.41, 5.74) is 3.19. The Morgan fingerprint density at radius 3 is 2.26 bits per heavy atom. The fraction of sp³-hybridized carbons (Fsp3) is 0.212. The molecule has 0 saturated carbocycles. The number of benzene rings is 3. The molecular formula is C33H31F2NO6. The molecule has 0 aliphatic heterocycles. The molecule has 2 N–H and O–H groups in total. The number of carboxylic acids is 2. The summed E-state index contributed by atoms with van der Waals surface area (Å²) >= 11 is 0. The van der Waals surface area contributed by atoms with Gasteiger partial charge in [-0.25, -0.2) is 8.78 Å². The van der Waals surface area contributed by atoms with Crippen LogP contribution < -0.4 is 9.47 Å². The molecule has 0 unspecified atom stereocenters. The zero-order valence-electron chi connectivity index (χ0n) is 23.1. The van der Waals surface area contributed by atoms with Crippen LogP contribution in [0.15, 0.2) is 72.8 Å². The average molecular weight is 576 g/mol. The smallest absolute Gasteiger partial charge is 0.323 e. The Morgan fingerprint density at radius 1 is 0.881 bits per heavy atom. The highest BCUT2D eigenvalue weighted by molar-refractivity contribution is 5.95. The number of nitrogens with zero attached hydrogens (tertiary/aromatic N) is 1. The molecule has 0 aliphatic carbocycles. The highest BCUT2D eigenvalue weighted by Gasteiger charge is 2.21. The molecule has 0 aliphatic rings. The van der Waals surface area contributed by atoms with Crippen molar-refractivity contribution >= 4 is 35.0 Å². The minimum atomic E-state index is -1.06. The summed E-state index contributed by atoms with van der Waals surface area (Å²) in [5.74, 6) is -1.72. The van der Waals surface area contributed by atoms with E-state index in [1.807, 2.05) is 30.3 Å². The van der Waals surface area contributed by atoms with Crippen LogP contribution in [-0.4, -0.2) is 39.9 Å². The van der Waals surface area contributed by atoms with Gasteiger partial charge in [-0.3, -0.25) is 9.59 Å². The van der Waals surface area contributed by atoms with Gasteiger partial charge in [-0.2, -0.15) is 0 Å². The van der Waals surface area contributed by atoms with Gasteiger partial charge in [0.1, 0.15) is 42.9 Å². The van der Waals surface area contributed by atoms with Gasteiger partial charge in [-0.1, -0.05) is 30.4 Å². The van der Waals surface area contributed by atoms with Crippen molar-refractivity contribution in [2.75, 3.05) is 13.2 Å². The SMILES string of the molecule is Cc1c(CCCC(=O)O)c2c(F)ccc(C=Cc3ccc(OCC=CCOc4cccc(F)c4)cc3)c2n1CC(=O)O. The summed E-state index contributed by atoms with van der Waals surface area (Å²) in [6.07, 6.45) is 7.81. The number of aliphatic carboxylic acids is 2. The number of carboxylic acid groups (broad SMARTS) is 2. The average Bonchev–Trinajstić information content (AvgIpc) is 3.22. The zero-order chi connectivity index (χ0) is 30.1. The van der Waals surface area contributed by atoms with Crippen LogP contribution in [0.4, 0.5) is 8.78 Å². The van der Waals surface area contributed by atoms with Gasteiger partial charge < -0.3 is 24.3 Å². The van der Waals surface area contributed by atoms with E-state index in [0.29, 0.717) is 58.7 Å². The molecule has 0 amide bonds. The molecule has 1 heterocycles. The second-order valence-electron chi connectivity index (χ2n) is 9.60. The summed E-state index contributed by atoms with van der Waals surface area (Å²) in [6.45, 7) is 2.00. The molecule has 7 nitrogen and oxygen atoms in total. The third kappa shape index (κ3) is 7.84. The van der Waals surface area contributed by atoms with E-state index in [9.17, 15) is 19.1 Å². The molecule has 0 radical (unpaired) electrons. The normalized spacial score (nSPS) is 11.5. The summed E-state index contributed by atoms with van der Waals surface area (Å²) in [7, 11) is 0. The minimum Gasteiger partial charge on any atom is -0.490 e. The standard InChI is InChI=1S/C33H31F2NO6/c1-22-28(8-5-9-30(37)38)32-29(35)17-14-24(33(32)36(22)21-31(39)40)13-10-23-11-15-26(16-12-23)41-18-2-3-19-42-27-7-4-6-25(34)20-27/h2-4,6-7,10-17,20H,5,8-9,18-19,21H2,1H3,(H,37,38)(H,39,40). The molecule has 218 valence electrons.